The lowest BCUT2D eigenvalue weighted by atomic mass is 10.1. The van der Waals surface area contributed by atoms with Crippen LogP contribution in [0.5, 0.6) is 0 Å². The van der Waals surface area contributed by atoms with Crippen LogP contribution in [0.3, 0.4) is 0 Å². The molecule has 0 amide bonds. The SMILES string of the molecule is CCCCCCCCCCCC#CCC(OC)C(=O)OC. The molecular formula is C18H32O3. The molecule has 1 atom stereocenters. The van der Waals surface area contributed by atoms with Crippen molar-refractivity contribution in [1.82, 2.24) is 0 Å². The largest absolute Gasteiger partial charge is 0.467 e. The summed E-state index contributed by atoms with van der Waals surface area (Å²) in [6.07, 6.45) is 12.7. The predicted molar refractivity (Wildman–Crippen MR) is 87.1 cm³/mol. The van der Waals surface area contributed by atoms with Crippen LogP contribution >= 0.6 is 0 Å². The van der Waals surface area contributed by atoms with Gasteiger partial charge in [0.1, 0.15) is 0 Å². The number of methoxy groups -OCH3 is 2. The van der Waals surface area contributed by atoms with Gasteiger partial charge >= 0.3 is 5.97 Å². The molecule has 21 heavy (non-hydrogen) atoms. The molecule has 122 valence electrons. The van der Waals surface area contributed by atoms with Gasteiger partial charge in [-0.1, -0.05) is 64.2 Å². The number of esters is 1. The van der Waals surface area contributed by atoms with Crippen molar-refractivity contribution in [2.45, 2.75) is 83.7 Å². The van der Waals surface area contributed by atoms with E-state index in [9.17, 15) is 4.79 Å². The number of hydrogen-bond acceptors (Lipinski definition) is 3. The zero-order chi connectivity index (χ0) is 15.8. The second-order valence-corrected chi connectivity index (χ2v) is 5.38. The van der Waals surface area contributed by atoms with Crippen molar-refractivity contribution in [1.29, 1.82) is 0 Å². The first-order chi connectivity index (χ1) is 10.3. The van der Waals surface area contributed by atoms with Crippen molar-refractivity contribution in [2.24, 2.45) is 0 Å². The number of ether oxygens (including phenoxy) is 2. The van der Waals surface area contributed by atoms with Crippen LogP contribution in [0.15, 0.2) is 0 Å². The summed E-state index contributed by atoms with van der Waals surface area (Å²) in [5.74, 6) is 5.76. The maximum atomic E-state index is 11.3. The first-order valence-electron chi connectivity index (χ1n) is 8.32. The van der Waals surface area contributed by atoms with Gasteiger partial charge in [0.15, 0.2) is 6.10 Å². The van der Waals surface area contributed by atoms with Gasteiger partial charge in [-0.3, -0.25) is 0 Å². The van der Waals surface area contributed by atoms with Gasteiger partial charge in [-0.2, -0.15) is 0 Å². The molecule has 0 aliphatic heterocycles. The molecule has 0 spiro atoms. The summed E-state index contributed by atoms with van der Waals surface area (Å²) in [5, 5.41) is 0. The molecule has 0 aromatic heterocycles. The van der Waals surface area contributed by atoms with E-state index in [2.05, 4.69) is 23.5 Å². The van der Waals surface area contributed by atoms with Crippen LogP contribution in [0.25, 0.3) is 0 Å². The van der Waals surface area contributed by atoms with Crippen molar-refractivity contribution in [3.05, 3.63) is 0 Å². The first kappa shape index (κ1) is 20.0. The predicted octanol–water partition coefficient (Wildman–Crippen LogP) is 4.49. The molecule has 1 unspecified atom stereocenters. The summed E-state index contributed by atoms with van der Waals surface area (Å²) in [5.41, 5.74) is 0. The van der Waals surface area contributed by atoms with Gasteiger partial charge in [0, 0.05) is 20.0 Å². The normalized spacial score (nSPS) is 11.6. The smallest absolute Gasteiger partial charge is 0.335 e. The van der Waals surface area contributed by atoms with E-state index in [0.717, 1.165) is 12.8 Å². The minimum atomic E-state index is -0.550. The van der Waals surface area contributed by atoms with Gasteiger partial charge in [0.2, 0.25) is 0 Å². The summed E-state index contributed by atoms with van der Waals surface area (Å²) in [7, 11) is 2.87. The third-order valence-corrected chi connectivity index (χ3v) is 3.57. The fraction of sp³-hybridized carbons (Fsp3) is 0.833. The molecule has 0 aliphatic rings. The van der Waals surface area contributed by atoms with Crippen molar-refractivity contribution in [3.8, 4) is 11.8 Å². The molecule has 0 fully saturated rings. The third-order valence-electron chi connectivity index (χ3n) is 3.57. The lowest BCUT2D eigenvalue weighted by Crippen LogP contribution is -2.23. The van der Waals surface area contributed by atoms with E-state index in [1.54, 1.807) is 0 Å². The van der Waals surface area contributed by atoms with E-state index >= 15 is 0 Å². The Kier molecular flexibility index (Phi) is 14.6. The Bertz CT molecular complexity index is 301. The standard InChI is InChI=1S/C18H32O3/c1-4-5-6-7-8-9-10-11-12-13-14-15-16-17(20-2)18(19)21-3/h17H,4-13,16H2,1-3H3. The van der Waals surface area contributed by atoms with Crippen LogP contribution in [0.4, 0.5) is 0 Å². The number of hydrogen-bond donors (Lipinski definition) is 0. The van der Waals surface area contributed by atoms with Crippen LogP contribution in [-0.2, 0) is 14.3 Å². The fourth-order valence-corrected chi connectivity index (χ4v) is 2.17. The Balaban J connectivity index is 3.43. The zero-order valence-electron chi connectivity index (χ0n) is 14.1. The molecule has 0 saturated heterocycles. The molecule has 0 N–H and O–H groups in total. The molecule has 0 heterocycles. The second kappa shape index (κ2) is 15.4. The molecule has 0 bridgehead atoms. The highest BCUT2D eigenvalue weighted by Gasteiger charge is 2.16. The minimum Gasteiger partial charge on any atom is -0.467 e. The van der Waals surface area contributed by atoms with Gasteiger partial charge in [-0.15, -0.1) is 5.92 Å². The van der Waals surface area contributed by atoms with E-state index in [-0.39, 0.29) is 5.97 Å². The van der Waals surface area contributed by atoms with E-state index in [1.807, 2.05) is 0 Å². The lowest BCUT2D eigenvalue weighted by molar-refractivity contribution is -0.151. The summed E-state index contributed by atoms with van der Waals surface area (Å²) in [6.45, 7) is 2.25. The monoisotopic (exact) mass is 296 g/mol. The van der Waals surface area contributed by atoms with Crippen LogP contribution in [-0.4, -0.2) is 26.3 Å². The molecule has 3 heteroatoms. The zero-order valence-corrected chi connectivity index (χ0v) is 14.1. The van der Waals surface area contributed by atoms with Crippen LogP contribution in [0.2, 0.25) is 0 Å². The maximum absolute atomic E-state index is 11.3. The summed E-state index contributed by atoms with van der Waals surface area (Å²) in [4.78, 5) is 11.3. The van der Waals surface area contributed by atoms with Crippen molar-refractivity contribution >= 4 is 5.97 Å². The number of carbonyl (C=O) groups is 1. The first-order valence-corrected chi connectivity index (χ1v) is 8.32. The average molecular weight is 296 g/mol. The van der Waals surface area contributed by atoms with Gasteiger partial charge < -0.3 is 9.47 Å². The Morgan fingerprint density at radius 2 is 1.48 bits per heavy atom. The summed E-state index contributed by atoms with van der Waals surface area (Å²) in [6, 6.07) is 0. The number of unbranched alkanes of at least 4 members (excludes halogenated alkanes) is 9. The number of carbonyl (C=O) groups excluding carboxylic acids is 1. The van der Waals surface area contributed by atoms with Gasteiger partial charge in [-0.25, -0.2) is 4.79 Å². The van der Waals surface area contributed by atoms with Crippen molar-refractivity contribution in [2.75, 3.05) is 14.2 Å². The molecule has 0 rings (SSSR count). The quantitative estimate of drug-likeness (QED) is 0.302. The summed E-state index contributed by atoms with van der Waals surface area (Å²) >= 11 is 0. The molecular weight excluding hydrogens is 264 g/mol. The van der Waals surface area contributed by atoms with Crippen molar-refractivity contribution < 1.29 is 14.3 Å². The van der Waals surface area contributed by atoms with E-state index < -0.39 is 6.10 Å². The number of rotatable bonds is 12. The molecule has 0 radical (unpaired) electrons. The van der Waals surface area contributed by atoms with E-state index in [4.69, 9.17) is 4.74 Å². The van der Waals surface area contributed by atoms with Crippen LogP contribution < -0.4 is 0 Å². The summed E-state index contributed by atoms with van der Waals surface area (Å²) < 4.78 is 9.65. The van der Waals surface area contributed by atoms with E-state index in [0.29, 0.717) is 6.42 Å². The average Bonchev–Trinajstić information content (AvgIpc) is 2.51. The van der Waals surface area contributed by atoms with Crippen molar-refractivity contribution in [3.63, 3.8) is 0 Å². The Labute approximate surface area is 130 Å². The van der Waals surface area contributed by atoms with E-state index in [1.165, 1.54) is 65.6 Å². The van der Waals surface area contributed by atoms with Gasteiger partial charge in [0.05, 0.1) is 7.11 Å². The second-order valence-electron chi connectivity index (χ2n) is 5.38. The molecule has 0 saturated carbocycles. The third kappa shape index (κ3) is 12.4. The molecule has 0 aromatic rings. The molecule has 3 nitrogen and oxygen atoms in total. The highest BCUT2D eigenvalue weighted by atomic mass is 16.6. The highest BCUT2D eigenvalue weighted by Crippen LogP contribution is 2.10. The van der Waals surface area contributed by atoms with Gasteiger partial charge in [-0.05, 0) is 6.42 Å². The fourth-order valence-electron chi connectivity index (χ4n) is 2.17. The lowest BCUT2D eigenvalue weighted by Gasteiger charge is -2.08. The topological polar surface area (TPSA) is 35.5 Å². The maximum Gasteiger partial charge on any atom is 0.335 e. The Hall–Kier alpha value is -1.01. The van der Waals surface area contributed by atoms with Gasteiger partial charge in [0.25, 0.3) is 0 Å². The Morgan fingerprint density at radius 3 is 2.00 bits per heavy atom. The Morgan fingerprint density at radius 1 is 0.905 bits per heavy atom. The minimum absolute atomic E-state index is 0.352. The highest BCUT2D eigenvalue weighted by molar-refractivity contribution is 5.74. The van der Waals surface area contributed by atoms with Crippen LogP contribution in [0, 0.1) is 11.8 Å². The van der Waals surface area contributed by atoms with Crippen LogP contribution in [0.1, 0.15) is 77.6 Å². The molecule has 0 aliphatic carbocycles. The molecule has 0 aromatic carbocycles.